The maximum absolute atomic E-state index is 1.59. The number of fused-ring (bicyclic) bond motifs is 4. The van der Waals surface area contributed by atoms with Crippen molar-refractivity contribution in [3.8, 4) is 0 Å². The third-order valence-corrected chi connectivity index (χ3v) is 5.35. The van der Waals surface area contributed by atoms with E-state index in [9.17, 15) is 0 Å². The molecule has 14 heavy (non-hydrogen) atoms. The quantitative estimate of drug-likeness (QED) is 0.534. The SMILES string of the molecule is C1CCCC2C(CCC1)C1CCCC21. The van der Waals surface area contributed by atoms with Gasteiger partial charge in [-0.15, -0.1) is 0 Å². The molecule has 80 valence electrons. The van der Waals surface area contributed by atoms with Crippen LogP contribution in [0.2, 0.25) is 0 Å². The van der Waals surface area contributed by atoms with Gasteiger partial charge >= 0.3 is 0 Å². The minimum absolute atomic E-state index is 1.18. The van der Waals surface area contributed by atoms with E-state index in [-0.39, 0.29) is 0 Å². The van der Waals surface area contributed by atoms with Crippen LogP contribution in [0.4, 0.5) is 0 Å². The molecular weight excluding hydrogens is 168 g/mol. The third kappa shape index (κ3) is 1.42. The smallest absolute Gasteiger partial charge is 0.0352 e. The molecular formula is C14H24. The van der Waals surface area contributed by atoms with Crippen molar-refractivity contribution in [2.24, 2.45) is 23.7 Å². The summed E-state index contributed by atoms with van der Waals surface area (Å²) in [5.74, 6) is 4.75. The fourth-order valence-electron chi connectivity index (χ4n) is 4.72. The molecule has 3 saturated carbocycles. The first-order chi connectivity index (χ1) is 6.97. The van der Waals surface area contributed by atoms with Crippen LogP contribution in [-0.4, -0.2) is 0 Å². The molecule has 0 heteroatoms. The van der Waals surface area contributed by atoms with Gasteiger partial charge in [-0.2, -0.15) is 0 Å². The Morgan fingerprint density at radius 1 is 0.357 bits per heavy atom. The van der Waals surface area contributed by atoms with Crippen molar-refractivity contribution in [1.82, 2.24) is 0 Å². The molecule has 0 aliphatic heterocycles. The van der Waals surface area contributed by atoms with Crippen molar-refractivity contribution in [2.45, 2.75) is 64.2 Å². The van der Waals surface area contributed by atoms with Gasteiger partial charge in [0.15, 0.2) is 0 Å². The Kier molecular flexibility index (Phi) is 2.55. The highest BCUT2D eigenvalue weighted by Gasteiger charge is 2.50. The van der Waals surface area contributed by atoms with Crippen LogP contribution in [0.3, 0.4) is 0 Å². The zero-order valence-electron chi connectivity index (χ0n) is 9.38. The molecule has 0 aromatic rings. The lowest BCUT2D eigenvalue weighted by atomic mass is 9.55. The molecule has 0 bridgehead atoms. The average molecular weight is 192 g/mol. The predicted molar refractivity (Wildman–Crippen MR) is 60.1 cm³/mol. The summed E-state index contributed by atoms with van der Waals surface area (Å²) in [5.41, 5.74) is 0. The van der Waals surface area contributed by atoms with Gasteiger partial charge in [-0.1, -0.05) is 38.5 Å². The largest absolute Gasteiger partial charge is 0.0533 e. The standard InChI is InChI=1S/C14H24/c1-2-4-7-11-12(8-5-3-1)14-10-6-9-13(11)14/h11-14H,1-10H2. The van der Waals surface area contributed by atoms with E-state index >= 15 is 0 Å². The van der Waals surface area contributed by atoms with Gasteiger partial charge < -0.3 is 0 Å². The summed E-state index contributed by atoms with van der Waals surface area (Å²) in [6.07, 6.45) is 15.6. The highest BCUT2D eigenvalue weighted by molar-refractivity contribution is 4.99. The molecule has 0 N–H and O–H groups in total. The number of rotatable bonds is 0. The topological polar surface area (TPSA) is 0 Å². The van der Waals surface area contributed by atoms with E-state index in [1.165, 1.54) is 42.9 Å². The van der Waals surface area contributed by atoms with Crippen LogP contribution in [0, 0.1) is 23.7 Å². The van der Waals surface area contributed by atoms with Gasteiger partial charge in [0.05, 0.1) is 0 Å². The van der Waals surface area contributed by atoms with E-state index < -0.39 is 0 Å². The molecule has 0 heterocycles. The minimum atomic E-state index is 1.18. The highest BCUT2D eigenvalue weighted by atomic mass is 14.6. The van der Waals surface area contributed by atoms with Crippen molar-refractivity contribution in [3.05, 3.63) is 0 Å². The summed E-state index contributed by atoms with van der Waals surface area (Å²) >= 11 is 0. The molecule has 3 rings (SSSR count). The van der Waals surface area contributed by atoms with E-state index in [4.69, 9.17) is 0 Å². The fraction of sp³-hybridized carbons (Fsp3) is 1.00. The molecule has 0 nitrogen and oxygen atoms in total. The Hall–Kier alpha value is 0. The molecule has 3 aliphatic carbocycles. The van der Waals surface area contributed by atoms with E-state index in [1.807, 2.05) is 0 Å². The first-order valence-electron chi connectivity index (χ1n) is 6.97. The zero-order chi connectivity index (χ0) is 9.38. The molecule has 0 amide bonds. The van der Waals surface area contributed by atoms with Gasteiger partial charge in [0.2, 0.25) is 0 Å². The van der Waals surface area contributed by atoms with Gasteiger partial charge in [-0.05, 0) is 49.4 Å². The van der Waals surface area contributed by atoms with Crippen molar-refractivity contribution in [1.29, 1.82) is 0 Å². The summed E-state index contributed by atoms with van der Waals surface area (Å²) < 4.78 is 0. The first kappa shape index (κ1) is 9.24. The van der Waals surface area contributed by atoms with Crippen molar-refractivity contribution in [2.75, 3.05) is 0 Å². The highest BCUT2D eigenvalue weighted by Crippen LogP contribution is 2.58. The summed E-state index contributed by atoms with van der Waals surface area (Å²) in [6.45, 7) is 0. The van der Waals surface area contributed by atoms with Crippen LogP contribution in [-0.2, 0) is 0 Å². The van der Waals surface area contributed by atoms with E-state index in [2.05, 4.69) is 0 Å². The van der Waals surface area contributed by atoms with Crippen molar-refractivity contribution < 1.29 is 0 Å². The lowest BCUT2D eigenvalue weighted by molar-refractivity contribution is -0.0102. The summed E-state index contributed by atoms with van der Waals surface area (Å²) in [4.78, 5) is 0. The van der Waals surface area contributed by atoms with Crippen LogP contribution >= 0.6 is 0 Å². The maximum atomic E-state index is 1.59. The lowest BCUT2D eigenvalue weighted by Gasteiger charge is -2.50. The second kappa shape index (κ2) is 3.87. The van der Waals surface area contributed by atoms with Gasteiger partial charge in [-0.3, -0.25) is 0 Å². The molecule has 0 aromatic carbocycles. The minimum Gasteiger partial charge on any atom is -0.0533 e. The van der Waals surface area contributed by atoms with Gasteiger partial charge in [0, 0.05) is 0 Å². The predicted octanol–water partition coefficient (Wildman–Crippen LogP) is 4.39. The zero-order valence-corrected chi connectivity index (χ0v) is 9.38. The normalized spacial score (nSPS) is 48.0. The Bertz CT molecular complexity index is 176. The van der Waals surface area contributed by atoms with Crippen molar-refractivity contribution in [3.63, 3.8) is 0 Å². The van der Waals surface area contributed by atoms with Crippen LogP contribution in [0.25, 0.3) is 0 Å². The molecule has 0 aromatic heterocycles. The van der Waals surface area contributed by atoms with Crippen LogP contribution in [0.5, 0.6) is 0 Å². The monoisotopic (exact) mass is 192 g/mol. The molecule has 0 radical (unpaired) electrons. The van der Waals surface area contributed by atoms with E-state index in [1.54, 1.807) is 44.9 Å². The summed E-state index contributed by atoms with van der Waals surface area (Å²) in [5, 5.41) is 0. The Morgan fingerprint density at radius 3 is 1.21 bits per heavy atom. The average Bonchev–Trinajstić information content (AvgIpc) is 2.61. The number of hydrogen-bond acceptors (Lipinski definition) is 0. The molecule has 0 saturated heterocycles. The fourth-order valence-corrected chi connectivity index (χ4v) is 4.72. The summed E-state index contributed by atoms with van der Waals surface area (Å²) in [7, 11) is 0. The third-order valence-electron chi connectivity index (χ3n) is 5.35. The van der Waals surface area contributed by atoms with Crippen LogP contribution in [0.1, 0.15) is 64.2 Å². The van der Waals surface area contributed by atoms with Gasteiger partial charge in [-0.25, -0.2) is 0 Å². The second-order valence-electron chi connectivity index (χ2n) is 5.93. The Labute approximate surface area is 88.5 Å². The Balaban J connectivity index is 1.66. The van der Waals surface area contributed by atoms with E-state index in [0.29, 0.717) is 0 Å². The molecule has 0 spiro atoms. The lowest BCUT2D eigenvalue weighted by Crippen LogP contribution is -2.43. The molecule has 4 atom stereocenters. The molecule has 3 aliphatic rings. The first-order valence-corrected chi connectivity index (χ1v) is 6.97. The number of hydrogen-bond donors (Lipinski definition) is 0. The molecule has 3 fully saturated rings. The van der Waals surface area contributed by atoms with E-state index in [0.717, 1.165) is 0 Å². The Morgan fingerprint density at radius 2 is 0.714 bits per heavy atom. The summed E-state index contributed by atoms with van der Waals surface area (Å²) in [6, 6.07) is 0. The van der Waals surface area contributed by atoms with Gasteiger partial charge in [0.25, 0.3) is 0 Å². The van der Waals surface area contributed by atoms with Crippen LogP contribution in [0.15, 0.2) is 0 Å². The molecule has 4 unspecified atom stereocenters. The maximum Gasteiger partial charge on any atom is -0.0352 e. The van der Waals surface area contributed by atoms with Gasteiger partial charge in [0.1, 0.15) is 0 Å². The van der Waals surface area contributed by atoms with Crippen LogP contribution < -0.4 is 0 Å². The van der Waals surface area contributed by atoms with Crippen molar-refractivity contribution >= 4 is 0 Å². The second-order valence-corrected chi connectivity index (χ2v) is 5.93.